The first-order valence-electron chi connectivity index (χ1n) is 3.83. The van der Waals surface area contributed by atoms with Gasteiger partial charge in [0.05, 0.1) is 0 Å². The molecular weight excluding hydrogens is 218 g/mol. The monoisotopic (exact) mass is 225 g/mol. The number of hydrogen-bond acceptors (Lipinski definition) is 4. The lowest BCUT2D eigenvalue weighted by atomic mass is 10.2. The van der Waals surface area contributed by atoms with Crippen molar-refractivity contribution in [2.45, 2.75) is 4.90 Å². The highest BCUT2D eigenvalue weighted by Gasteiger charge is 2.10. The van der Waals surface area contributed by atoms with Gasteiger partial charge in [-0.15, -0.1) is 24.0 Å². The molecule has 2 aromatic rings. The fourth-order valence-corrected chi connectivity index (χ4v) is 2.63. The fraction of sp³-hybridized carbons (Fsp3) is 0. The molecule has 5 heteroatoms. The predicted octanol–water partition coefficient (Wildman–Crippen LogP) is 2.47. The molecule has 2 rings (SSSR count). The van der Waals surface area contributed by atoms with Crippen molar-refractivity contribution < 1.29 is 9.90 Å². The number of rotatable bonds is 1. The summed E-state index contributed by atoms with van der Waals surface area (Å²) >= 11 is 5.44. The van der Waals surface area contributed by atoms with E-state index in [0.29, 0.717) is 15.5 Å². The minimum Gasteiger partial charge on any atom is -0.477 e. The second-order valence-electron chi connectivity index (χ2n) is 2.87. The molecule has 3 nitrogen and oxygen atoms in total. The minimum absolute atomic E-state index is 0.306. The van der Waals surface area contributed by atoms with Gasteiger partial charge in [0.25, 0.3) is 0 Å². The number of carboxylic acid groups (broad SMARTS) is 1. The van der Waals surface area contributed by atoms with Crippen LogP contribution in [0.1, 0.15) is 9.67 Å². The van der Waals surface area contributed by atoms with Crippen LogP contribution in [0.5, 0.6) is 0 Å². The lowest BCUT2D eigenvalue weighted by Crippen LogP contribution is -1.89. The maximum Gasteiger partial charge on any atom is 0.345 e. The fourth-order valence-electron chi connectivity index (χ4n) is 1.25. The number of thiophene rings is 1. The summed E-state index contributed by atoms with van der Waals surface area (Å²) in [6, 6.07) is 5.08. The molecule has 0 saturated carbocycles. The SMILES string of the molecule is Nc1cc(S)c2cc(C(=O)O)sc2c1. The van der Waals surface area contributed by atoms with E-state index in [0.717, 1.165) is 10.1 Å². The zero-order valence-corrected chi connectivity index (χ0v) is 8.73. The standard InChI is InChI=1S/C9H7NO2S2/c10-4-1-6(13)5-3-8(9(11)12)14-7(5)2-4/h1-3,13H,10H2,(H,11,12). The first kappa shape index (κ1) is 9.36. The Hall–Kier alpha value is -1.20. The van der Waals surface area contributed by atoms with Crippen molar-refractivity contribution in [3.63, 3.8) is 0 Å². The number of hydrogen-bond donors (Lipinski definition) is 3. The van der Waals surface area contributed by atoms with Crippen LogP contribution in [0.3, 0.4) is 0 Å². The summed E-state index contributed by atoms with van der Waals surface area (Å²) in [6.07, 6.45) is 0. The van der Waals surface area contributed by atoms with Crippen LogP contribution < -0.4 is 5.73 Å². The number of aromatic carboxylic acids is 1. The van der Waals surface area contributed by atoms with Crippen LogP contribution in [0.4, 0.5) is 5.69 Å². The van der Waals surface area contributed by atoms with Gasteiger partial charge in [0.1, 0.15) is 4.88 Å². The molecular formula is C9H7NO2S2. The molecule has 0 atom stereocenters. The summed E-state index contributed by atoms with van der Waals surface area (Å²) in [5, 5.41) is 9.64. The molecule has 1 aromatic heterocycles. The Labute approximate surface area is 89.6 Å². The molecule has 0 unspecified atom stereocenters. The van der Waals surface area contributed by atoms with Gasteiger partial charge >= 0.3 is 5.97 Å². The summed E-state index contributed by atoms with van der Waals surface area (Å²) in [5.74, 6) is -0.919. The molecule has 0 spiro atoms. The minimum atomic E-state index is -0.919. The van der Waals surface area contributed by atoms with Gasteiger partial charge in [0.2, 0.25) is 0 Å². The van der Waals surface area contributed by atoms with Gasteiger partial charge in [-0.05, 0) is 18.2 Å². The van der Waals surface area contributed by atoms with E-state index in [1.807, 2.05) is 0 Å². The van der Waals surface area contributed by atoms with E-state index < -0.39 is 5.97 Å². The van der Waals surface area contributed by atoms with Crippen molar-refractivity contribution >= 4 is 45.7 Å². The predicted molar refractivity (Wildman–Crippen MR) is 60.4 cm³/mol. The van der Waals surface area contributed by atoms with Crippen molar-refractivity contribution in [2.24, 2.45) is 0 Å². The van der Waals surface area contributed by atoms with E-state index in [1.54, 1.807) is 18.2 Å². The molecule has 0 bridgehead atoms. The molecule has 0 aliphatic rings. The van der Waals surface area contributed by atoms with Crippen molar-refractivity contribution in [1.82, 2.24) is 0 Å². The lowest BCUT2D eigenvalue weighted by molar-refractivity contribution is 0.0702. The third-order valence-electron chi connectivity index (χ3n) is 1.85. The highest BCUT2D eigenvalue weighted by atomic mass is 32.1. The first-order chi connectivity index (χ1) is 6.58. The van der Waals surface area contributed by atoms with Crippen molar-refractivity contribution in [1.29, 1.82) is 0 Å². The van der Waals surface area contributed by atoms with Gasteiger partial charge in [-0.2, -0.15) is 0 Å². The Balaban J connectivity index is 2.76. The molecule has 1 aromatic carbocycles. The Bertz CT molecular complexity index is 519. The molecule has 14 heavy (non-hydrogen) atoms. The van der Waals surface area contributed by atoms with E-state index in [1.165, 1.54) is 11.3 Å². The summed E-state index contributed by atoms with van der Waals surface area (Å²) < 4.78 is 0.854. The highest BCUT2D eigenvalue weighted by molar-refractivity contribution is 7.80. The summed E-state index contributed by atoms with van der Waals surface area (Å²) in [4.78, 5) is 11.7. The number of nitrogen functional groups attached to an aromatic ring is 1. The number of nitrogens with two attached hydrogens (primary N) is 1. The van der Waals surface area contributed by atoms with Gasteiger partial charge in [-0.25, -0.2) is 4.79 Å². The Morgan fingerprint density at radius 3 is 2.79 bits per heavy atom. The Morgan fingerprint density at radius 1 is 1.43 bits per heavy atom. The van der Waals surface area contributed by atoms with Crippen molar-refractivity contribution in [3.8, 4) is 0 Å². The van der Waals surface area contributed by atoms with E-state index in [4.69, 9.17) is 10.8 Å². The number of fused-ring (bicyclic) bond motifs is 1. The molecule has 0 saturated heterocycles. The molecule has 3 N–H and O–H groups in total. The van der Waals surface area contributed by atoms with Gasteiger partial charge in [0.15, 0.2) is 0 Å². The number of carbonyl (C=O) groups is 1. The zero-order valence-electron chi connectivity index (χ0n) is 7.02. The molecule has 0 fully saturated rings. The van der Waals surface area contributed by atoms with Gasteiger partial charge in [0, 0.05) is 20.7 Å². The molecule has 0 radical (unpaired) electrons. The van der Waals surface area contributed by atoms with Crippen molar-refractivity contribution in [3.05, 3.63) is 23.1 Å². The smallest absolute Gasteiger partial charge is 0.345 e. The zero-order chi connectivity index (χ0) is 10.3. The van der Waals surface area contributed by atoms with Crippen LogP contribution in [0, 0.1) is 0 Å². The number of benzene rings is 1. The quantitative estimate of drug-likeness (QED) is 0.516. The third-order valence-corrected chi connectivity index (χ3v) is 3.29. The van der Waals surface area contributed by atoms with Crippen molar-refractivity contribution in [2.75, 3.05) is 5.73 Å². The number of thiol groups is 1. The van der Waals surface area contributed by atoms with E-state index in [2.05, 4.69) is 12.6 Å². The molecule has 0 aliphatic carbocycles. The van der Waals surface area contributed by atoms with Gasteiger partial charge < -0.3 is 10.8 Å². The lowest BCUT2D eigenvalue weighted by Gasteiger charge is -1.96. The van der Waals surface area contributed by atoms with Crippen LogP contribution >= 0.6 is 24.0 Å². The summed E-state index contributed by atoms with van der Waals surface area (Å²) in [5.41, 5.74) is 6.22. The summed E-state index contributed by atoms with van der Waals surface area (Å²) in [7, 11) is 0. The first-order valence-corrected chi connectivity index (χ1v) is 5.09. The molecule has 0 aliphatic heterocycles. The summed E-state index contributed by atoms with van der Waals surface area (Å²) in [6.45, 7) is 0. The van der Waals surface area contributed by atoms with E-state index >= 15 is 0 Å². The van der Waals surface area contributed by atoms with Gasteiger partial charge in [-0.1, -0.05) is 0 Å². The maximum atomic E-state index is 10.7. The van der Waals surface area contributed by atoms with E-state index in [-0.39, 0.29) is 0 Å². The number of anilines is 1. The van der Waals surface area contributed by atoms with Gasteiger partial charge in [-0.3, -0.25) is 0 Å². The second-order valence-corrected chi connectivity index (χ2v) is 4.43. The molecule has 1 heterocycles. The van der Waals surface area contributed by atoms with Crippen LogP contribution in [-0.4, -0.2) is 11.1 Å². The second kappa shape index (κ2) is 3.18. The normalized spacial score (nSPS) is 10.6. The largest absolute Gasteiger partial charge is 0.477 e. The third kappa shape index (κ3) is 1.44. The van der Waals surface area contributed by atoms with Crippen LogP contribution in [-0.2, 0) is 0 Å². The topological polar surface area (TPSA) is 63.3 Å². The van der Waals surface area contributed by atoms with Crippen LogP contribution in [0.25, 0.3) is 10.1 Å². The molecule has 0 amide bonds. The Kier molecular flexibility index (Phi) is 2.13. The molecule has 72 valence electrons. The maximum absolute atomic E-state index is 10.7. The van der Waals surface area contributed by atoms with Crippen LogP contribution in [0.2, 0.25) is 0 Å². The Morgan fingerprint density at radius 2 is 2.14 bits per heavy atom. The van der Waals surface area contributed by atoms with E-state index in [9.17, 15) is 4.79 Å². The average molecular weight is 225 g/mol. The highest BCUT2D eigenvalue weighted by Crippen LogP contribution is 2.32. The average Bonchev–Trinajstić information content (AvgIpc) is 2.47. The van der Waals surface area contributed by atoms with Crippen LogP contribution in [0.15, 0.2) is 23.1 Å². The number of carboxylic acids is 1.